The van der Waals surface area contributed by atoms with Crippen LogP contribution in [-0.4, -0.2) is 39.3 Å². The zero-order valence-corrected chi connectivity index (χ0v) is 20.3. The van der Waals surface area contributed by atoms with Gasteiger partial charge in [0.2, 0.25) is 5.91 Å². The van der Waals surface area contributed by atoms with E-state index in [1.165, 1.54) is 11.3 Å². The fraction of sp³-hybridized carbons (Fsp3) is 0.130. The van der Waals surface area contributed by atoms with Gasteiger partial charge in [0.25, 0.3) is 10.0 Å². The van der Waals surface area contributed by atoms with E-state index in [4.69, 9.17) is 11.6 Å². The lowest BCUT2D eigenvalue weighted by Gasteiger charge is -2.17. The highest BCUT2D eigenvalue weighted by Gasteiger charge is 2.19. The molecule has 33 heavy (non-hydrogen) atoms. The van der Waals surface area contributed by atoms with Gasteiger partial charge in [-0.25, -0.2) is 13.4 Å². The summed E-state index contributed by atoms with van der Waals surface area (Å²) in [5.74, 6) is -0.497. The number of halogens is 1. The first-order chi connectivity index (χ1) is 15.8. The molecule has 0 bridgehead atoms. The standard InChI is InChI=1S/C23H21ClN4O3S2/c1-28(2)20-10-4-9-18-17(20)8-5-11-21(18)33(30,31)27-16-7-3-6-15(12-16)19-14-32-23(25-19)26-22(29)13-24/h3-12,14,27H,13H2,1-2H3,(H,25,26,29). The number of nitrogens with one attached hydrogen (secondary N) is 2. The van der Waals surface area contributed by atoms with Crippen molar-refractivity contribution < 1.29 is 13.2 Å². The predicted octanol–water partition coefficient (Wildman–Crippen LogP) is 5.01. The number of thiazole rings is 1. The lowest BCUT2D eigenvalue weighted by atomic mass is 10.1. The summed E-state index contributed by atoms with van der Waals surface area (Å²) < 4.78 is 29.3. The SMILES string of the molecule is CN(C)c1cccc2c(S(=O)(=O)Nc3cccc(-c4csc(NC(=O)CCl)n4)c3)cccc12. The average Bonchev–Trinajstić information content (AvgIpc) is 3.26. The summed E-state index contributed by atoms with van der Waals surface area (Å²) in [5, 5.41) is 6.31. The van der Waals surface area contributed by atoms with E-state index in [2.05, 4.69) is 15.0 Å². The minimum absolute atomic E-state index is 0.156. The van der Waals surface area contributed by atoms with Crippen molar-refractivity contribution in [2.24, 2.45) is 0 Å². The van der Waals surface area contributed by atoms with Gasteiger partial charge in [-0.3, -0.25) is 9.52 Å². The van der Waals surface area contributed by atoms with Crippen molar-refractivity contribution in [2.45, 2.75) is 4.90 Å². The molecule has 4 rings (SSSR count). The van der Waals surface area contributed by atoms with Gasteiger partial charge in [-0.15, -0.1) is 22.9 Å². The van der Waals surface area contributed by atoms with E-state index in [1.807, 2.05) is 43.3 Å². The quantitative estimate of drug-likeness (QED) is 0.348. The topological polar surface area (TPSA) is 91.4 Å². The Morgan fingerprint density at radius 3 is 2.55 bits per heavy atom. The van der Waals surface area contributed by atoms with Gasteiger partial charge in [-0.2, -0.15) is 0 Å². The highest BCUT2D eigenvalue weighted by molar-refractivity contribution is 7.93. The lowest BCUT2D eigenvalue weighted by molar-refractivity contribution is -0.113. The van der Waals surface area contributed by atoms with E-state index < -0.39 is 10.0 Å². The minimum atomic E-state index is -3.85. The van der Waals surface area contributed by atoms with E-state index in [9.17, 15) is 13.2 Å². The summed E-state index contributed by atoms with van der Waals surface area (Å²) in [5.41, 5.74) is 2.68. The molecule has 0 aliphatic heterocycles. The second kappa shape index (κ2) is 9.38. The van der Waals surface area contributed by atoms with E-state index in [-0.39, 0.29) is 16.7 Å². The van der Waals surface area contributed by atoms with E-state index in [0.29, 0.717) is 27.5 Å². The van der Waals surface area contributed by atoms with Crippen molar-refractivity contribution in [3.8, 4) is 11.3 Å². The van der Waals surface area contributed by atoms with Gasteiger partial charge in [-0.05, 0) is 24.3 Å². The molecule has 0 spiro atoms. The second-order valence-corrected chi connectivity index (χ2v) is 10.2. The number of carbonyl (C=O) groups is 1. The third-order valence-electron chi connectivity index (χ3n) is 4.91. The van der Waals surface area contributed by atoms with Crippen LogP contribution in [-0.2, 0) is 14.8 Å². The monoisotopic (exact) mass is 500 g/mol. The molecule has 3 aromatic carbocycles. The Hall–Kier alpha value is -3.14. The van der Waals surface area contributed by atoms with Gasteiger partial charge >= 0.3 is 0 Å². The number of alkyl halides is 1. The molecule has 1 heterocycles. The Balaban J connectivity index is 1.65. The summed E-state index contributed by atoms with van der Waals surface area (Å²) in [7, 11) is -0.0108. The molecule has 0 aliphatic rings. The van der Waals surface area contributed by atoms with Crippen LogP contribution in [0.25, 0.3) is 22.0 Å². The molecule has 10 heteroatoms. The molecule has 2 N–H and O–H groups in total. The Bertz CT molecular complexity index is 1430. The number of hydrogen-bond acceptors (Lipinski definition) is 6. The maximum atomic E-state index is 13.3. The highest BCUT2D eigenvalue weighted by atomic mass is 35.5. The first-order valence-corrected chi connectivity index (χ1v) is 12.8. The van der Waals surface area contributed by atoms with Crippen LogP contribution < -0.4 is 14.9 Å². The fourth-order valence-corrected chi connectivity index (χ4v) is 5.53. The first kappa shape index (κ1) is 23.0. The minimum Gasteiger partial charge on any atom is -0.377 e. The third kappa shape index (κ3) is 4.95. The molecule has 4 aromatic rings. The van der Waals surface area contributed by atoms with Crippen molar-refractivity contribution in [1.82, 2.24) is 4.98 Å². The number of aromatic nitrogens is 1. The molecule has 0 atom stereocenters. The van der Waals surface area contributed by atoms with Crippen LogP contribution in [0.2, 0.25) is 0 Å². The maximum absolute atomic E-state index is 13.3. The van der Waals surface area contributed by atoms with Gasteiger partial charge in [0.15, 0.2) is 5.13 Å². The van der Waals surface area contributed by atoms with Crippen molar-refractivity contribution in [3.63, 3.8) is 0 Å². The van der Waals surface area contributed by atoms with E-state index in [1.54, 1.807) is 41.8 Å². The molecule has 0 saturated heterocycles. The molecule has 1 amide bonds. The fourth-order valence-electron chi connectivity index (χ4n) is 3.46. The van der Waals surface area contributed by atoms with Gasteiger partial charge in [0.1, 0.15) is 5.88 Å². The van der Waals surface area contributed by atoms with Crippen molar-refractivity contribution in [1.29, 1.82) is 0 Å². The highest BCUT2D eigenvalue weighted by Crippen LogP contribution is 2.32. The summed E-state index contributed by atoms with van der Waals surface area (Å²) in [6.07, 6.45) is 0. The van der Waals surface area contributed by atoms with Crippen LogP contribution in [0.1, 0.15) is 0 Å². The van der Waals surface area contributed by atoms with Gasteiger partial charge in [0.05, 0.1) is 10.6 Å². The number of benzene rings is 3. The van der Waals surface area contributed by atoms with Crippen molar-refractivity contribution in [2.75, 3.05) is 34.9 Å². The van der Waals surface area contributed by atoms with Crippen LogP contribution in [0, 0.1) is 0 Å². The molecule has 0 unspecified atom stereocenters. The zero-order chi connectivity index (χ0) is 23.6. The van der Waals surface area contributed by atoms with Crippen LogP contribution in [0.15, 0.2) is 70.9 Å². The van der Waals surface area contributed by atoms with Crippen molar-refractivity contribution in [3.05, 3.63) is 66.0 Å². The Morgan fingerprint density at radius 1 is 1.06 bits per heavy atom. The number of rotatable bonds is 7. The number of carbonyl (C=O) groups excluding carboxylic acids is 1. The van der Waals surface area contributed by atoms with Crippen molar-refractivity contribution >= 4 is 66.1 Å². The van der Waals surface area contributed by atoms with Crippen LogP contribution in [0.4, 0.5) is 16.5 Å². The summed E-state index contributed by atoms with van der Waals surface area (Å²) in [4.78, 5) is 18.0. The van der Waals surface area contributed by atoms with Gasteiger partial charge in [0, 0.05) is 47.2 Å². The van der Waals surface area contributed by atoms with Crippen LogP contribution >= 0.6 is 22.9 Å². The number of amides is 1. The number of fused-ring (bicyclic) bond motifs is 1. The molecule has 170 valence electrons. The maximum Gasteiger partial charge on any atom is 0.262 e. The Labute approximate surface area is 201 Å². The third-order valence-corrected chi connectivity index (χ3v) is 7.35. The molecular formula is C23H21ClN4O3S2. The average molecular weight is 501 g/mol. The Morgan fingerprint density at radius 2 is 1.79 bits per heavy atom. The summed E-state index contributed by atoms with van der Waals surface area (Å²) in [6.45, 7) is 0. The molecule has 0 fully saturated rings. The largest absolute Gasteiger partial charge is 0.377 e. The van der Waals surface area contributed by atoms with Gasteiger partial charge in [-0.1, -0.05) is 36.4 Å². The number of anilines is 3. The summed E-state index contributed by atoms with van der Waals surface area (Å²) >= 11 is 6.78. The molecule has 7 nitrogen and oxygen atoms in total. The van der Waals surface area contributed by atoms with Gasteiger partial charge < -0.3 is 10.2 Å². The first-order valence-electron chi connectivity index (χ1n) is 9.92. The lowest BCUT2D eigenvalue weighted by Crippen LogP contribution is -2.14. The van der Waals surface area contributed by atoms with E-state index >= 15 is 0 Å². The molecule has 0 radical (unpaired) electrons. The number of hydrogen-bond donors (Lipinski definition) is 2. The molecular weight excluding hydrogens is 480 g/mol. The number of nitrogens with zero attached hydrogens (tertiary/aromatic N) is 2. The predicted molar refractivity (Wildman–Crippen MR) is 136 cm³/mol. The normalized spacial score (nSPS) is 11.4. The number of sulfonamides is 1. The van der Waals surface area contributed by atoms with E-state index in [0.717, 1.165) is 11.1 Å². The molecule has 0 saturated carbocycles. The van der Waals surface area contributed by atoms with Crippen LogP contribution in [0.5, 0.6) is 0 Å². The summed E-state index contributed by atoms with van der Waals surface area (Å²) in [6, 6.07) is 17.8. The Kier molecular flexibility index (Phi) is 6.55. The second-order valence-electron chi connectivity index (χ2n) is 7.43. The smallest absolute Gasteiger partial charge is 0.262 e. The molecule has 1 aromatic heterocycles. The zero-order valence-electron chi connectivity index (χ0n) is 17.9. The molecule has 0 aliphatic carbocycles. The van der Waals surface area contributed by atoms with Crippen LogP contribution in [0.3, 0.4) is 0 Å².